The molecule has 9 nitrogen and oxygen atoms in total. The number of hydrogen-bond acceptors (Lipinski definition) is 7. The summed E-state index contributed by atoms with van der Waals surface area (Å²) < 4.78 is 54.2. The van der Waals surface area contributed by atoms with Gasteiger partial charge in [-0.1, -0.05) is 32.9 Å². The van der Waals surface area contributed by atoms with Gasteiger partial charge in [-0.05, 0) is 59.6 Å². The highest BCUT2D eigenvalue weighted by molar-refractivity contribution is 5.69. The van der Waals surface area contributed by atoms with Gasteiger partial charge in [0.2, 0.25) is 6.10 Å². The number of hydrogen-bond donors (Lipinski definition) is 1. The average Bonchev–Trinajstić information content (AvgIpc) is 3.27. The van der Waals surface area contributed by atoms with E-state index < -0.39 is 25.0 Å². The largest absolute Gasteiger partial charge is 0.497 e. The number of carbonyl (C=O) groups excluding carboxylic acids is 1. The maximum atomic E-state index is 12.6. The Bertz CT molecular complexity index is 1310. The van der Waals surface area contributed by atoms with Gasteiger partial charge >= 0.3 is 12.3 Å². The Morgan fingerprint density at radius 1 is 1.00 bits per heavy atom. The number of methoxy groups -OCH3 is 2. The van der Waals surface area contributed by atoms with Crippen molar-refractivity contribution >= 4 is 6.09 Å². The van der Waals surface area contributed by atoms with Crippen LogP contribution in [0, 0.1) is 17.3 Å². The minimum absolute atomic E-state index is 0.133. The van der Waals surface area contributed by atoms with Crippen LogP contribution < -0.4 is 9.47 Å². The first-order chi connectivity index (χ1) is 19.8. The number of halogens is 3. The van der Waals surface area contributed by atoms with E-state index in [1.54, 1.807) is 43.4 Å². The monoisotopic (exact) mass is 590 g/mol. The van der Waals surface area contributed by atoms with Crippen LogP contribution >= 0.6 is 0 Å². The molecule has 4 atom stereocenters. The van der Waals surface area contributed by atoms with E-state index in [0.717, 1.165) is 17.9 Å². The summed E-state index contributed by atoms with van der Waals surface area (Å²) in [7, 11) is 3.25. The van der Waals surface area contributed by atoms with Gasteiger partial charge in [-0.25, -0.2) is 14.5 Å². The number of fused-ring (bicyclic) bond motifs is 1. The first-order valence-corrected chi connectivity index (χ1v) is 13.6. The molecule has 228 valence electrons. The van der Waals surface area contributed by atoms with Gasteiger partial charge in [-0.3, -0.25) is 0 Å². The second kappa shape index (κ2) is 12.6. The number of pyridine rings is 1. The number of aliphatic hydroxyl groups is 1. The van der Waals surface area contributed by atoms with Crippen LogP contribution in [0.25, 0.3) is 5.82 Å². The molecule has 3 aromatic rings. The molecule has 1 aliphatic carbocycles. The minimum atomic E-state index is -4.79. The minimum Gasteiger partial charge on any atom is -0.497 e. The molecule has 1 saturated heterocycles. The smallest absolute Gasteiger partial charge is 0.427 e. The summed E-state index contributed by atoms with van der Waals surface area (Å²) in [6.07, 6.45) is -3.86. The molecule has 2 aromatic heterocycles. The van der Waals surface area contributed by atoms with E-state index in [2.05, 4.69) is 47.7 Å². The van der Waals surface area contributed by atoms with Gasteiger partial charge in [0.25, 0.3) is 0 Å². The number of carbonyl (C=O) groups is 1. The highest BCUT2D eigenvalue weighted by Crippen LogP contribution is 2.57. The second-order valence-corrected chi connectivity index (χ2v) is 11.7. The fourth-order valence-electron chi connectivity index (χ4n) is 5.15. The number of amides is 1. The molecule has 42 heavy (non-hydrogen) atoms. The van der Waals surface area contributed by atoms with E-state index >= 15 is 0 Å². The summed E-state index contributed by atoms with van der Waals surface area (Å²) in [6.45, 7) is 6.05. The molecule has 3 heterocycles. The number of ether oxygens (including phenoxy) is 3. The van der Waals surface area contributed by atoms with Gasteiger partial charge in [0.15, 0.2) is 5.82 Å². The summed E-state index contributed by atoms with van der Waals surface area (Å²) in [4.78, 5) is 17.5. The predicted octanol–water partition coefficient (Wildman–Crippen LogP) is 5.26. The van der Waals surface area contributed by atoms with Gasteiger partial charge in [0.1, 0.15) is 11.5 Å². The van der Waals surface area contributed by atoms with Gasteiger partial charge in [-0.2, -0.15) is 18.3 Å². The van der Waals surface area contributed by atoms with Crippen molar-refractivity contribution in [3.63, 3.8) is 0 Å². The van der Waals surface area contributed by atoms with Crippen LogP contribution in [0.1, 0.15) is 37.9 Å². The highest BCUT2D eigenvalue weighted by atomic mass is 19.4. The first-order valence-electron chi connectivity index (χ1n) is 13.6. The van der Waals surface area contributed by atoms with Crippen molar-refractivity contribution in [2.75, 3.05) is 33.9 Å². The van der Waals surface area contributed by atoms with Gasteiger partial charge in [0, 0.05) is 25.2 Å². The van der Waals surface area contributed by atoms with Crippen molar-refractivity contribution in [3.05, 3.63) is 66.1 Å². The molecule has 2 aliphatic rings. The molecule has 0 radical (unpaired) electrons. The molecule has 2 fully saturated rings. The Morgan fingerprint density at radius 3 is 2.12 bits per heavy atom. The summed E-state index contributed by atoms with van der Waals surface area (Å²) >= 11 is 0. The fraction of sp³-hybridized carbons (Fsp3) is 0.500. The zero-order valence-electron chi connectivity index (χ0n) is 24.3. The van der Waals surface area contributed by atoms with Crippen LogP contribution in [0.5, 0.6) is 11.5 Å². The number of likely N-dealkylation sites (tertiary alicyclic amines) is 1. The molecule has 1 N–H and O–H groups in total. The van der Waals surface area contributed by atoms with Crippen molar-refractivity contribution in [3.8, 4) is 17.3 Å². The lowest BCUT2D eigenvalue weighted by molar-refractivity contribution is -0.214. The molecule has 1 aromatic carbocycles. The Morgan fingerprint density at radius 2 is 1.62 bits per heavy atom. The number of alkyl halides is 3. The number of aliphatic hydroxyl groups excluding tert-OH is 1. The summed E-state index contributed by atoms with van der Waals surface area (Å²) in [5, 5.41) is 13.3. The number of rotatable bonds is 7. The topological polar surface area (TPSA) is 98.9 Å². The lowest BCUT2D eigenvalue weighted by Gasteiger charge is -2.24. The van der Waals surface area contributed by atoms with E-state index in [9.17, 15) is 18.0 Å². The van der Waals surface area contributed by atoms with E-state index in [0.29, 0.717) is 30.1 Å². The summed E-state index contributed by atoms with van der Waals surface area (Å²) in [5.41, 5.74) is 2.58. The molecule has 1 amide bonds. The number of nitrogens with zero attached hydrogens (tertiary/aromatic N) is 4. The fourth-order valence-corrected chi connectivity index (χ4v) is 5.15. The third-order valence-electron chi connectivity index (χ3n) is 7.26. The molecular formula is C30H37F3N4O5. The van der Waals surface area contributed by atoms with Gasteiger partial charge < -0.3 is 24.2 Å². The highest BCUT2D eigenvalue weighted by Gasteiger charge is 2.59. The number of benzene rings is 1. The van der Waals surface area contributed by atoms with Gasteiger partial charge in [0.05, 0.1) is 32.7 Å². The van der Waals surface area contributed by atoms with Crippen LogP contribution in [0.3, 0.4) is 0 Å². The van der Waals surface area contributed by atoms with Crippen LogP contribution in [-0.2, 0) is 11.2 Å². The van der Waals surface area contributed by atoms with Crippen molar-refractivity contribution in [1.82, 2.24) is 19.7 Å². The molecule has 0 spiro atoms. The SMILES string of the molecule is COc1ccc(-n2ccc(C3[C@H]4CN(C(=O)O[C@H](CO)C(F)(F)F)C[C@@H]34)n2)nc1.COc1ccc(CC(C)(C)C)cc1. The third-order valence-corrected chi connectivity index (χ3v) is 7.26. The molecule has 1 saturated carbocycles. The predicted molar refractivity (Wildman–Crippen MR) is 149 cm³/mol. The second-order valence-electron chi connectivity index (χ2n) is 11.7. The molecule has 12 heteroatoms. The number of piperidine rings is 1. The third kappa shape index (κ3) is 7.72. The summed E-state index contributed by atoms with van der Waals surface area (Å²) in [5.74, 6) is 2.61. The van der Waals surface area contributed by atoms with Crippen molar-refractivity contribution < 1.29 is 37.3 Å². The molecule has 5 rings (SSSR count). The zero-order chi connectivity index (χ0) is 30.7. The van der Waals surface area contributed by atoms with Gasteiger partial charge in [-0.15, -0.1) is 0 Å². The van der Waals surface area contributed by atoms with Crippen LogP contribution in [0.2, 0.25) is 0 Å². The Labute approximate surface area is 243 Å². The molecule has 1 aliphatic heterocycles. The van der Waals surface area contributed by atoms with Crippen molar-refractivity contribution in [1.29, 1.82) is 0 Å². The Balaban J connectivity index is 0.000000262. The maximum absolute atomic E-state index is 12.6. The molecule has 1 unspecified atom stereocenters. The average molecular weight is 591 g/mol. The van der Waals surface area contributed by atoms with Crippen LogP contribution in [0.4, 0.5) is 18.0 Å². The van der Waals surface area contributed by atoms with Crippen molar-refractivity contribution in [2.24, 2.45) is 17.3 Å². The van der Waals surface area contributed by atoms with Crippen molar-refractivity contribution in [2.45, 2.75) is 45.4 Å². The standard InChI is InChI=1S/C18H19F3N4O4.C12H18O/c1-28-10-2-3-15(22-6-10)25-5-4-13(23-25)16-11-7-24(8-12(11)16)17(27)29-14(9-26)18(19,20)21;1-12(2,3)9-10-5-7-11(13-4)8-6-10/h2-6,11-12,14,16,26H,7-9H2,1H3;5-8H,9H2,1-4H3/t11-,12+,14-,16?;/m1./s1. The molecule has 0 bridgehead atoms. The molecular weight excluding hydrogens is 553 g/mol. The normalized spacial score (nSPS) is 20.2. The number of aromatic nitrogens is 3. The van der Waals surface area contributed by atoms with Crippen LogP contribution in [0.15, 0.2) is 54.9 Å². The Hall–Kier alpha value is -3.80. The Kier molecular flexibility index (Phi) is 9.34. The first kappa shape index (κ1) is 31.1. The van der Waals surface area contributed by atoms with E-state index in [-0.39, 0.29) is 17.8 Å². The van der Waals surface area contributed by atoms with E-state index in [1.807, 2.05) is 18.2 Å². The van der Waals surface area contributed by atoms with Crippen LogP contribution in [-0.4, -0.2) is 77.1 Å². The van der Waals surface area contributed by atoms with E-state index in [4.69, 9.17) is 14.6 Å². The maximum Gasteiger partial charge on any atom is 0.427 e. The zero-order valence-corrected chi connectivity index (χ0v) is 24.3. The lowest BCUT2D eigenvalue weighted by Crippen LogP contribution is -2.42. The van der Waals surface area contributed by atoms with E-state index in [1.165, 1.54) is 10.5 Å². The summed E-state index contributed by atoms with van der Waals surface area (Å²) in [6, 6.07) is 13.7. The quantitative estimate of drug-likeness (QED) is 0.401. The lowest BCUT2D eigenvalue weighted by atomic mass is 9.88.